The predicted molar refractivity (Wildman–Crippen MR) is 82.9 cm³/mol. The number of Topliss-reactive ketones (excluding diaryl/α,β-unsaturated/α-hetero) is 1. The van der Waals surface area contributed by atoms with Crippen LogP contribution in [-0.4, -0.2) is 12.9 Å². The van der Waals surface area contributed by atoms with E-state index >= 15 is 0 Å². The number of ketones is 1. The molecule has 3 heteroatoms. The average Bonchev–Trinajstić information content (AvgIpc) is 2.91. The van der Waals surface area contributed by atoms with Crippen molar-refractivity contribution in [3.05, 3.63) is 65.0 Å². The van der Waals surface area contributed by atoms with Crippen LogP contribution in [0.1, 0.15) is 15.2 Å². The van der Waals surface area contributed by atoms with Crippen LogP contribution >= 0.6 is 11.3 Å². The Hall–Kier alpha value is -2.13. The second kappa shape index (κ2) is 5.47. The van der Waals surface area contributed by atoms with Gasteiger partial charge in [0.05, 0.1) is 12.0 Å². The van der Waals surface area contributed by atoms with Crippen LogP contribution in [0.25, 0.3) is 10.1 Å². The number of hydrogen-bond donors (Lipinski definition) is 0. The van der Waals surface area contributed by atoms with Crippen molar-refractivity contribution in [3.8, 4) is 5.75 Å². The van der Waals surface area contributed by atoms with Crippen molar-refractivity contribution in [1.82, 2.24) is 0 Å². The fraction of sp³-hybridized carbons (Fsp3) is 0.118. The molecule has 20 heavy (non-hydrogen) atoms. The topological polar surface area (TPSA) is 26.3 Å². The van der Waals surface area contributed by atoms with Crippen LogP contribution in [0, 0.1) is 0 Å². The molecule has 0 saturated heterocycles. The van der Waals surface area contributed by atoms with E-state index in [1.165, 1.54) is 0 Å². The van der Waals surface area contributed by atoms with Gasteiger partial charge in [0.15, 0.2) is 5.78 Å². The van der Waals surface area contributed by atoms with Crippen molar-refractivity contribution in [2.45, 2.75) is 6.42 Å². The Balaban J connectivity index is 1.85. The van der Waals surface area contributed by atoms with Gasteiger partial charge in [-0.05, 0) is 35.2 Å². The fourth-order valence-corrected chi connectivity index (χ4v) is 3.17. The van der Waals surface area contributed by atoms with E-state index in [9.17, 15) is 4.79 Å². The monoisotopic (exact) mass is 282 g/mol. The lowest BCUT2D eigenvalue weighted by molar-refractivity contribution is 0.0997. The maximum absolute atomic E-state index is 12.4. The van der Waals surface area contributed by atoms with Crippen LogP contribution in [0.15, 0.2) is 54.6 Å². The molecule has 0 amide bonds. The summed E-state index contributed by atoms with van der Waals surface area (Å²) in [4.78, 5) is 13.2. The molecule has 0 unspecified atom stereocenters. The smallest absolute Gasteiger partial charge is 0.177 e. The van der Waals surface area contributed by atoms with Gasteiger partial charge in [0, 0.05) is 11.1 Å². The van der Waals surface area contributed by atoms with Gasteiger partial charge < -0.3 is 4.74 Å². The van der Waals surface area contributed by atoms with Crippen LogP contribution in [0.2, 0.25) is 0 Å². The summed E-state index contributed by atoms with van der Waals surface area (Å²) < 4.78 is 6.34. The standard InChI is InChI=1S/C17H14O2S/c1-19-14-7-4-5-12(9-14)10-15(18)17-11-13-6-2-3-8-16(13)20-17/h2-9,11H,10H2,1H3. The third kappa shape index (κ3) is 2.58. The third-order valence-electron chi connectivity index (χ3n) is 3.20. The van der Waals surface area contributed by atoms with E-state index in [1.807, 2.05) is 54.6 Å². The molecule has 3 aromatic rings. The highest BCUT2D eigenvalue weighted by atomic mass is 32.1. The van der Waals surface area contributed by atoms with Crippen LogP contribution in [0.5, 0.6) is 5.75 Å². The number of carbonyl (C=O) groups is 1. The maximum atomic E-state index is 12.4. The summed E-state index contributed by atoms with van der Waals surface area (Å²) >= 11 is 1.55. The summed E-state index contributed by atoms with van der Waals surface area (Å²) in [6, 6.07) is 17.7. The van der Waals surface area contributed by atoms with Gasteiger partial charge in [0.25, 0.3) is 0 Å². The highest BCUT2D eigenvalue weighted by Crippen LogP contribution is 2.26. The van der Waals surface area contributed by atoms with Gasteiger partial charge in [0.1, 0.15) is 5.75 Å². The summed E-state index contributed by atoms with van der Waals surface area (Å²) in [7, 11) is 1.63. The van der Waals surface area contributed by atoms with Gasteiger partial charge in [-0.1, -0.05) is 30.3 Å². The molecular weight excluding hydrogens is 268 g/mol. The minimum absolute atomic E-state index is 0.152. The Morgan fingerprint density at radius 3 is 2.75 bits per heavy atom. The number of carbonyl (C=O) groups excluding carboxylic acids is 1. The Bertz CT molecular complexity index is 725. The summed E-state index contributed by atoms with van der Waals surface area (Å²) in [5.74, 6) is 0.936. The Labute approximate surface area is 121 Å². The minimum atomic E-state index is 0.152. The van der Waals surface area contributed by atoms with Gasteiger partial charge in [-0.25, -0.2) is 0 Å². The molecule has 0 fully saturated rings. The van der Waals surface area contributed by atoms with Crippen LogP contribution in [0.4, 0.5) is 0 Å². The largest absolute Gasteiger partial charge is 0.497 e. The van der Waals surface area contributed by atoms with Crippen molar-refractivity contribution in [2.75, 3.05) is 7.11 Å². The zero-order valence-corrected chi connectivity index (χ0v) is 11.9. The van der Waals surface area contributed by atoms with Crippen molar-refractivity contribution in [3.63, 3.8) is 0 Å². The lowest BCUT2D eigenvalue weighted by Gasteiger charge is -2.03. The minimum Gasteiger partial charge on any atom is -0.497 e. The van der Waals surface area contributed by atoms with Crippen LogP contribution in [-0.2, 0) is 6.42 Å². The van der Waals surface area contributed by atoms with Crippen molar-refractivity contribution < 1.29 is 9.53 Å². The molecule has 0 saturated carbocycles. The Morgan fingerprint density at radius 1 is 1.10 bits per heavy atom. The molecule has 0 N–H and O–H groups in total. The van der Waals surface area contributed by atoms with E-state index in [-0.39, 0.29) is 5.78 Å². The van der Waals surface area contributed by atoms with E-state index < -0.39 is 0 Å². The van der Waals surface area contributed by atoms with Gasteiger partial charge in [0.2, 0.25) is 0 Å². The SMILES string of the molecule is COc1cccc(CC(=O)c2cc3ccccc3s2)c1. The molecule has 2 nitrogen and oxygen atoms in total. The Morgan fingerprint density at radius 2 is 1.95 bits per heavy atom. The molecule has 0 bridgehead atoms. The molecule has 0 atom stereocenters. The average molecular weight is 282 g/mol. The molecule has 3 rings (SSSR count). The number of benzene rings is 2. The summed E-state index contributed by atoms with van der Waals surface area (Å²) in [6.45, 7) is 0. The first-order chi connectivity index (χ1) is 9.76. The number of fused-ring (bicyclic) bond motifs is 1. The first-order valence-electron chi connectivity index (χ1n) is 6.41. The molecule has 2 aromatic carbocycles. The molecule has 100 valence electrons. The zero-order chi connectivity index (χ0) is 13.9. The highest BCUT2D eigenvalue weighted by Gasteiger charge is 2.11. The van der Waals surface area contributed by atoms with E-state index in [0.717, 1.165) is 26.3 Å². The van der Waals surface area contributed by atoms with E-state index in [4.69, 9.17) is 4.74 Å². The predicted octanol–water partition coefficient (Wildman–Crippen LogP) is 4.34. The normalized spacial score (nSPS) is 10.7. The maximum Gasteiger partial charge on any atom is 0.177 e. The van der Waals surface area contributed by atoms with Crippen molar-refractivity contribution in [1.29, 1.82) is 0 Å². The van der Waals surface area contributed by atoms with E-state index in [0.29, 0.717) is 6.42 Å². The fourth-order valence-electron chi connectivity index (χ4n) is 2.17. The first kappa shape index (κ1) is 12.9. The van der Waals surface area contributed by atoms with Gasteiger partial charge >= 0.3 is 0 Å². The Kier molecular flexibility index (Phi) is 3.52. The second-order valence-electron chi connectivity index (χ2n) is 4.60. The molecule has 1 aromatic heterocycles. The van der Waals surface area contributed by atoms with Crippen molar-refractivity contribution in [2.24, 2.45) is 0 Å². The molecule has 0 aliphatic rings. The van der Waals surface area contributed by atoms with Crippen molar-refractivity contribution >= 4 is 27.2 Å². The first-order valence-corrected chi connectivity index (χ1v) is 7.22. The number of thiophene rings is 1. The number of methoxy groups -OCH3 is 1. The lowest BCUT2D eigenvalue weighted by Crippen LogP contribution is -2.01. The second-order valence-corrected chi connectivity index (χ2v) is 5.68. The summed E-state index contributed by atoms with van der Waals surface area (Å²) in [5, 5.41) is 1.13. The van der Waals surface area contributed by atoms with Crippen LogP contribution < -0.4 is 4.74 Å². The molecule has 0 spiro atoms. The molecular formula is C17H14O2S. The van der Waals surface area contributed by atoms with Gasteiger partial charge in [-0.2, -0.15) is 0 Å². The number of rotatable bonds is 4. The molecule has 1 heterocycles. The van der Waals surface area contributed by atoms with Crippen LogP contribution in [0.3, 0.4) is 0 Å². The van der Waals surface area contributed by atoms with Gasteiger partial charge in [-0.15, -0.1) is 11.3 Å². The highest BCUT2D eigenvalue weighted by molar-refractivity contribution is 7.20. The number of hydrogen-bond acceptors (Lipinski definition) is 3. The zero-order valence-electron chi connectivity index (χ0n) is 11.1. The molecule has 0 aliphatic heterocycles. The number of ether oxygens (including phenoxy) is 1. The third-order valence-corrected chi connectivity index (χ3v) is 4.36. The lowest BCUT2D eigenvalue weighted by atomic mass is 10.1. The summed E-state index contributed by atoms with van der Waals surface area (Å²) in [5.41, 5.74) is 0.979. The van der Waals surface area contributed by atoms with E-state index in [2.05, 4.69) is 0 Å². The van der Waals surface area contributed by atoms with E-state index in [1.54, 1.807) is 18.4 Å². The van der Waals surface area contributed by atoms with Gasteiger partial charge in [-0.3, -0.25) is 4.79 Å². The summed E-state index contributed by atoms with van der Waals surface area (Å²) in [6.07, 6.45) is 0.407. The quantitative estimate of drug-likeness (QED) is 0.666. The molecule has 0 aliphatic carbocycles. The molecule has 0 radical (unpaired) electrons.